The van der Waals surface area contributed by atoms with Gasteiger partial charge in [0.25, 0.3) is 0 Å². The molecule has 0 aromatic carbocycles. The Hall–Kier alpha value is -0.430. The molecule has 2 heterocycles. The molecular weight excluding hydrogens is 307 g/mol. The Bertz CT molecular complexity index is 371. The van der Waals surface area contributed by atoms with Crippen molar-refractivity contribution in [2.24, 2.45) is 0 Å². The highest BCUT2D eigenvalue weighted by Gasteiger charge is 2.49. The van der Waals surface area contributed by atoms with Crippen LogP contribution >= 0.6 is 0 Å². The molecule has 22 heavy (non-hydrogen) atoms. The van der Waals surface area contributed by atoms with E-state index >= 15 is 0 Å². The number of hydrogen-bond acceptors (Lipinski definition) is 9. The van der Waals surface area contributed by atoms with Gasteiger partial charge in [0.2, 0.25) is 6.36 Å². The second-order valence-corrected chi connectivity index (χ2v) is 5.47. The molecule has 10 atom stereocenters. The minimum atomic E-state index is -2.20. The molecule has 0 radical (unpaired) electrons. The molecule has 2 fully saturated rings. The van der Waals surface area contributed by atoms with E-state index in [-0.39, 0.29) is 0 Å². The standard InChI is InChI=1S/C12H21FO9/c1-3-5(15)6(16)9(19)12(20-3)22-10-4(2-14)21-11(13)8(18)7(10)17/h3-12,14-19H,2H2,1H3/t3-,4-,5-,6+,7-,8-,9-,10-,11-,12+/m1/s1. The van der Waals surface area contributed by atoms with Crippen LogP contribution in [0.4, 0.5) is 4.39 Å². The topological polar surface area (TPSA) is 149 Å². The summed E-state index contributed by atoms with van der Waals surface area (Å²) < 4.78 is 28.4. The molecule has 0 aromatic rings. The van der Waals surface area contributed by atoms with Gasteiger partial charge in [-0.3, -0.25) is 0 Å². The predicted octanol–water partition coefficient (Wildman–Crippen LogP) is -3.39. The zero-order chi connectivity index (χ0) is 16.6. The lowest BCUT2D eigenvalue weighted by atomic mass is 9.97. The Morgan fingerprint density at radius 3 is 2.14 bits per heavy atom. The van der Waals surface area contributed by atoms with Gasteiger partial charge in [0.05, 0.1) is 12.7 Å². The van der Waals surface area contributed by atoms with Crippen LogP contribution in [0.2, 0.25) is 0 Å². The second kappa shape index (κ2) is 6.99. The number of alkyl halides is 1. The molecule has 2 saturated heterocycles. The Morgan fingerprint density at radius 2 is 1.55 bits per heavy atom. The van der Waals surface area contributed by atoms with Gasteiger partial charge >= 0.3 is 0 Å². The Labute approximate surface area is 125 Å². The van der Waals surface area contributed by atoms with Crippen molar-refractivity contribution in [2.75, 3.05) is 6.61 Å². The average molecular weight is 328 g/mol. The largest absolute Gasteiger partial charge is 0.394 e. The van der Waals surface area contributed by atoms with Gasteiger partial charge in [-0.15, -0.1) is 0 Å². The maximum atomic E-state index is 13.3. The summed E-state index contributed by atoms with van der Waals surface area (Å²) in [6, 6.07) is 0. The van der Waals surface area contributed by atoms with Gasteiger partial charge in [-0.1, -0.05) is 0 Å². The van der Waals surface area contributed by atoms with Crippen molar-refractivity contribution < 1.29 is 49.2 Å². The van der Waals surface area contributed by atoms with Crippen LogP contribution in [0.15, 0.2) is 0 Å². The fraction of sp³-hybridized carbons (Fsp3) is 1.00. The molecule has 6 N–H and O–H groups in total. The van der Waals surface area contributed by atoms with Gasteiger partial charge < -0.3 is 44.8 Å². The highest BCUT2D eigenvalue weighted by Crippen LogP contribution is 2.29. The summed E-state index contributed by atoms with van der Waals surface area (Å²) in [5.41, 5.74) is 0. The Kier molecular flexibility index (Phi) is 5.69. The van der Waals surface area contributed by atoms with Crippen molar-refractivity contribution in [3.8, 4) is 0 Å². The third-order valence-corrected chi connectivity index (χ3v) is 3.91. The van der Waals surface area contributed by atoms with E-state index in [2.05, 4.69) is 4.74 Å². The van der Waals surface area contributed by atoms with E-state index in [1.807, 2.05) is 0 Å². The average Bonchev–Trinajstić information content (AvgIpc) is 2.50. The number of aliphatic hydroxyl groups excluding tert-OH is 6. The molecule has 10 heteroatoms. The first-order valence-electron chi connectivity index (χ1n) is 6.89. The van der Waals surface area contributed by atoms with Crippen LogP contribution in [0.25, 0.3) is 0 Å². The molecule has 2 rings (SSSR count). The van der Waals surface area contributed by atoms with E-state index in [1.54, 1.807) is 0 Å². The monoisotopic (exact) mass is 328 g/mol. The molecule has 0 saturated carbocycles. The molecule has 2 aliphatic heterocycles. The van der Waals surface area contributed by atoms with Gasteiger partial charge in [0.1, 0.15) is 42.7 Å². The van der Waals surface area contributed by atoms with Gasteiger partial charge in [-0.05, 0) is 6.92 Å². The number of halogens is 1. The molecule has 0 aromatic heterocycles. The molecule has 130 valence electrons. The SMILES string of the molecule is C[C@H]1O[C@@H](O[C@H]2[C@H](O)[C@@H](O)[C@H](F)O[C@@H]2CO)[C@H](O)[C@@H](O)[C@@H]1O. The van der Waals surface area contributed by atoms with Crippen molar-refractivity contribution in [3.63, 3.8) is 0 Å². The summed E-state index contributed by atoms with van der Waals surface area (Å²) in [6.45, 7) is 0.721. The van der Waals surface area contributed by atoms with E-state index < -0.39 is 68.1 Å². The number of rotatable bonds is 3. The van der Waals surface area contributed by atoms with Crippen molar-refractivity contribution >= 4 is 0 Å². The fourth-order valence-corrected chi connectivity index (χ4v) is 2.49. The summed E-state index contributed by atoms with van der Waals surface area (Å²) in [4.78, 5) is 0. The first-order chi connectivity index (χ1) is 10.3. The normalized spacial score (nSPS) is 53.5. The highest BCUT2D eigenvalue weighted by atomic mass is 19.1. The van der Waals surface area contributed by atoms with E-state index in [4.69, 9.17) is 14.6 Å². The molecule has 0 aliphatic carbocycles. The molecular formula is C12H21FO9. The second-order valence-electron chi connectivity index (χ2n) is 5.47. The molecule has 0 unspecified atom stereocenters. The van der Waals surface area contributed by atoms with Gasteiger partial charge in [0.15, 0.2) is 6.29 Å². The highest BCUT2D eigenvalue weighted by molar-refractivity contribution is 4.93. The lowest BCUT2D eigenvalue weighted by Crippen LogP contribution is -2.63. The summed E-state index contributed by atoms with van der Waals surface area (Å²) in [6.07, 6.45) is -15.4. The predicted molar refractivity (Wildman–Crippen MR) is 66.1 cm³/mol. The number of aliphatic hydroxyl groups is 6. The van der Waals surface area contributed by atoms with E-state index in [9.17, 15) is 29.9 Å². The van der Waals surface area contributed by atoms with Crippen LogP contribution in [0.1, 0.15) is 6.92 Å². The number of ether oxygens (including phenoxy) is 3. The smallest absolute Gasteiger partial charge is 0.228 e. The van der Waals surface area contributed by atoms with Crippen LogP contribution < -0.4 is 0 Å². The zero-order valence-corrected chi connectivity index (χ0v) is 11.8. The Balaban J connectivity index is 2.10. The third-order valence-electron chi connectivity index (χ3n) is 3.91. The zero-order valence-electron chi connectivity index (χ0n) is 11.8. The van der Waals surface area contributed by atoms with Crippen molar-refractivity contribution in [2.45, 2.75) is 68.4 Å². The van der Waals surface area contributed by atoms with Gasteiger partial charge in [0, 0.05) is 0 Å². The number of hydrogen-bond donors (Lipinski definition) is 6. The van der Waals surface area contributed by atoms with Crippen molar-refractivity contribution in [1.29, 1.82) is 0 Å². The van der Waals surface area contributed by atoms with E-state index in [1.165, 1.54) is 6.92 Å². The Morgan fingerprint density at radius 1 is 0.909 bits per heavy atom. The summed E-state index contributed by atoms with van der Waals surface area (Å²) in [5.74, 6) is 0. The third kappa shape index (κ3) is 3.25. The van der Waals surface area contributed by atoms with Crippen LogP contribution in [-0.2, 0) is 14.2 Å². The van der Waals surface area contributed by atoms with Gasteiger partial charge in [-0.25, -0.2) is 4.39 Å². The molecule has 0 amide bonds. The first-order valence-corrected chi connectivity index (χ1v) is 6.89. The van der Waals surface area contributed by atoms with Crippen LogP contribution in [0.5, 0.6) is 0 Å². The maximum absolute atomic E-state index is 13.3. The lowest BCUT2D eigenvalue weighted by Gasteiger charge is -2.44. The minimum absolute atomic E-state index is 0.710. The van der Waals surface area contributed by atoms with E-state index in [0.717, 1.165) is 0 Å². The molecule has 2 aliphatic rings. The molecule has 0 bridgehead atoms. The lowest BCUT2D eigenvalue weighted by molar-refractivity contribution is -0.345. The quantitative estimate of drug-likeness (QED) is 0.312. The van der Waals surface area contributed by atoms with Crippen molar-refractivity contribution in [3.05, 3.63) is 0 Å². The summed E-state index contributed by atoms with van der Waals surface area (Å²) in [7, 11) is 0. The minimum Gasteiger partial charge on any atom is -0.394 e. The molecule has 9 nitrogen and oxygen atoms in total. The van der Waals surface area contributed by atoms with Gasteiger partial charge in [-0.2, -0.15) is 0 Å². The van der Waals surface area contributed by atoms with Crippen molar-refractivity contribution in [1.82, 2.24) is 0 Å². The summed E-state index contributed by atoms with van der Waals surface area (Å²) in [5, 5.41) is 57.6. The first kappa shape index (κ1) is 17.9. The summed E-state index contributed by atoms with van der Waals surface area (Å²) >= 11 is 0. The van der Waals surface area contributed by atoms with Crippen LogP contribution in [0.3, 0.4) is 0 Å². The molecule has 0 spiro atoms. The maximum Gasteiger partial charge on any atom is 0.228 e. The van der Waals surface area contributed by atoms with Crippen LogP contribution in [-0.4, -0.2) is 98.7 Å². The van der Waals surface area contributed by atoms with E-state index in [0.29, 0.717) is 0 Å². The van der Waals surface area contributed by atoms with Crippen LogP contribution in [0, 0.1) is 0 Å². The fourth-order valence-electron chi connectivity index (χ4n) is 2.49.